The van der Waals surface area contributed by atoms with E-state index in [2.05, 4.69) is 44.3 Å². The Hall–Kier alpha value is -0.580. The van der Waals surface area contributed by atoms with Gasteiger partial charge < -0.3 is 15.3 Å². The molecule has 0 unspecified atom stereocenters. The highest BCUT2D eigenvalue weighted by molar-refractivity contribution is 9.10. The van der Waals surface area contributed by atoms with Crippen LogP contribution in [0.2, 0.25) is 0 Å². The molecule has 2 N–H and O–H groups in total. The second kappa shape index (κ2) is 6.55. The van der Waals surface area contributed by atoms with Crippen LogP contribution in [0.25, 0.3) is 0 Å². The Morgan fingerprint density at radius 3 is 2.67 bits per heavy atom. The monoisotopic (exact) mass is 312 g/mol. The third kappa shape index (κ3) is 3.25. The molecule has 0 spiro atoms. The van der Waals surface area contributed by atoms with Crippen molar-refractivity contribution in [2.45, 2.75) is 19.4 Å². The maximum Gasteiger partial charge on any atom is 0.0510 e. The second-order valence-corrected chi connectivity index (χ2v) is 5.78. The van der Waals surface area contributed by atoms with Crippen molar-refractivity contribution in [3.8, 4) is 0 Å². The number of piperidine rings is 1. The lowest BCUT2D eigenvalue weighted by Gasteiger charge is -2.33. The van der Waals surface area contributed by atoms with E-state index in [9.17, 15) is 0 Å². The molecule has 4 heteroatoms. The van der Waals surface area contributed by atoms with Crippen molar-refractivity contribution in [1.29, 1.82) is 0 Å². The molecule has 18 heavy (non-hydrogen) atoms. The number of hydrogen-bond donors (Lipinski definition) is 2. The van der Waals surface area contributed by atoms with E-state index >= 15 is 0 Å². The lowest BCUT2D eigenvalue weighted by atomic mass is 9.97. The molecule has 100 valence electrons. The highest BCUT2D eigenvalue weighted by Gasteiger charge is 2.20. The Bertz CT molecular complexity index is 389. The van der Waals surface area contributed by atoms with Gasteiger partial charge in [-0.2, -0.15) is 0 Å². The molecule has 0 amide bonds. The van der Waals surface area contributed by atoms with Gasteiger partial charge >= 0.3 is 0 Å². The predicted octanol–water partition coefficient (Wildman–Crippen LogP) is 2.38. The van der Waals surface area contributed by atoms with Gasteiger partial charge in [0.15, 0.2) is 0 Å². The first kappa shape index (κ1) is 13.8. The predicted molar refractivity (Wildman–Crippen MR) is 78.9 cm³/mol. The number of halogens is 1. The molecule has 1 saturated heterocycles. The van der Waals surface area contributed by atoms with Crippen molar-refractivity contribution in [3.63, 3.8) is 0 Å². The minimum Gasteiger partial charge on any atom is -0.396 e. The van der Waals surface area contributed by atoms with Crippen LogP contribution in [0.1, 0.15) is 18.4 Å². The second-order valence-electron chi connectivity index (χ2n) is 4.93. The Morgan fingerprint density at radius 1 is 1.39 bits per heavy atom. The van der Waals surface area contributed by atoms with Crippen molar-refractivity contribution in [2.24, 2.45) is 5.92 Å². The number of aliphatic hydroxyl groups is 1. The first-order valence-electron chi connectivity index (χ1n) is 6.53. The number of anilines is 1. The Balaban J connectivity index is 2.05. The van der Waals surface area contributed by atoms with Gasteiger partial charge in [0.25, 0.3) is 0 Å². The highest BCUT2D eigenvalue weighted by Crippen LogP contribution is 2.30. The first-order chi connectivity index (χ1) is 8.74. The summed E-state index contributed by atoms with van der Waals surface area (Å²) < 4.78 is 1.16. The molecule has 0 bridgehead atoms. The Labute approximate surface area is 117 Å². The van der Waals surface area contributed by atoms with E-state index in [4.69, 9.17) is 5.11 Å². The van der Waals surface area contributed by atoms with Crippen LogP contribution < -0.4 is 10.2 Å². The SMILES string of the molecule is CNCc1ccc(N2CCC(CO)CC2)c(Br)c1. The third-order valence-corrected chi connectivity index (χ3v) is 4.24. The van der Waals surface area contributed by atoms with E-state index in [0.29, 0.717) is 12.5 Å². The minimum absolute atomic E-state index is 0.329. The van der Waals surface area contributed by atoms with Gasteiger partial charge in [-0.25, -0.2) is 0 Å². The molecule has 0 atom stereocenters. The van der Waals surface area contributed by atoms with Crippen molar-refractivity contribution < 1.29 is 5.11 Å². The average Bonchev–Trinajstić information content (AvgIpc) is 2.40. The van der Waals surface area contributed by atoms with E-state index in [1.54, 1.807) is 0 Å². The zero-order chi connectivity index (χ0) is 13.0. The summed E-state index contributed by atoms with van der Waals surface area (Å²) in [5, 5.41) is 12.3. The smallest absolute Gasteiger partial charge is 0.0510 e. The summed E-state index contributed by atoms with van der Waals surface area (Å²) in [6.45, 7) is 3.30. The van der Waals surface area contributed by atoms with E-state index in [1.807, 2.05) is 7.05 Å². The normalized spacial score (nSPS) is 17.2. The molecule has 1 aromatic carbocycles. The fourth-order valence-electron chi connectivity index (χ4n) is 2.48. The van der Waals surface area contributed by atoms with Gasteiger partial charge in [0, 0.05) is 30.7 Å². The Morgan fingerprint density at radius 2 is 2.11 bits per heavy atom. The largest absolute Gasteiger partial charge is 0.396 e. The molecule has 1 heterocycles. The van der Waals surface area contributed by atoms with Crippen LogP contribution in [-0.4, -0.2) is 31.9 Å². The molecule has 0 aliphatic carbocycles. The lowest BCUT2D eigenvalue weighted by Crippen LogP contribution is -2.34. The summed E-state index contributed by atoms with van der Waals surface area (Å²) in [4.78, 5) is 2.40. The van der Waals surface area contributed by atoms with E-state index in [-0.39, 0.29) is 0 Å². The summed E-state index contributed by atoms with van der Waals surface area (Å²) in [7, 11) is 1.96. The van der Waals surface area contributed by atoms with Gasteiger partial charge in [-0.3, -0.25) is 0 Å². The van der Waals surface area contributed by atoms with Crippen LogP contribution >= 0.6 is 15.9 Å². The summed E-state index contributed by atoms with van der Waals surface area (Å²) in [5.74, 6) is 0.489. The fraction of sp³-hybridized carbons (Fsp3) is 0.571. The number of benzene rings is 1. The number of nitrogens with zero attached hydrogens (tertiary/aromatic N) is 1. The topological polar surface area (TPSA) is 35.5 Å². The molecular weight excluding hydrogens is 292 g/mol. The van der Waals surface area contributed by atoms with Gasteiger partial charge in [0.2, 0.25) is 0 Å². The summed E-state index contributed by atoms with van der Waals surface area (Å²) in [6, 6.07) is 6.55. The van der Waals surface area contributed by atoms with Gasteiger partial charge in [0.05, 0.1) is 5.69 Å². The molecular formula is C14H21BrN2O. The summed E-state index contributed by atoms with van der Waals surface area (Å²) in [5.41, 5.74) is 2.56. The number of nitrogens with one attached hydrogen (secondary N) is 1. The summed E-state index contributed by atoms with van der Waals surface area (Å²) in [6.07, 6.45) is 2.17. The van der Waals surface area contributed by atoms with E-state index in [1.165, 1.54) is 11.3 Å². The van der Waals surface area contributed by atoms with Crippen molar-refractivity contribution in [1.82, 2.24) is 5.32 Å². The molecule has 1 aliphatic heterocycles. The number of rotatable bonds is 4. The molecule has 0 radical (unpaired) electrons. The lowest BCUT2D eigenvalue weighted by molar-refractivity contribution is 0.203. The Kier molecular flexibility index (Phi) is 5.03. The number of hydrogen-bond acceptors (Lipinski definition) is 3. The molecule has 0 aromatic heterocycles. The average molecular weight is 313 g/mol. The van der Waals surface area contributed by atoms with Gasteiger partial charge in [0.1, 0.15) is 0 Å². The van der Waals surface area contributed by atoms with Crippen LogP contribution in [0.5, 0.6) is 0 Å². The van der Waals surface area contributed by atoms with Gasteiger partial charge in [-0.15, -0.1) is 0 Å². The third-order valence-electron chi connectivity index (χ3n) is 3.61. The van der Waals surface area contributed by atoms with Crippen molar-refractivity contribution >= 4 is 21.6 Å². The van der Waals surface area contributed by atoms with Gasteiger partial charge in [-0.1, -0.05) is 6.07 Å². The molecule has 3 nitrogen and oxygen atoms in total. The molecule has 1 fully saturated rings. The molecule has 2 rings (SSSR count). The van der Waals surface area contributed by atoms with Crippen molar-refractivity contribution in [2.75, 3.05) is 31.6 Å². The zero-order valence-corrected chi connectivity index (χ0v) is 12.4. The maximum atomic E-state index is 9.16. The van der Waals surface area contributed by atoms with E-state index in [0.717, 1.165) is 36.9 Å². The van der Waals surface area contributed by atoms with Crippen LogP contribution in [0.4, 0.5) is 5.69 Å². The van der Waals surface area contributed by atoms with Crippen molar-refractivity contribution in [3.05, 3.63) is 28.2 Å². The minimum atomic E-state index is 0.329. The first-order valence-corrected chi connectivity index (χ1v) is 7.32. The fourth-order valence-corrected chi connectivity index (χ4v) is 3.15. The molecule has 1 aliphatic rings. The number of aliphatic hydroxyl groups excluding tert-OH is 1. The van der Waals surface area contributed by atoms with Crippen LogP contribution in [0.15, 0.2) is 22.7 Å². The zero-order valence-electron chi connectivity index (χ0n) is 10.8. The van der Waals surface area contributed by atoms with Gasteiger partial charge in [-0.05, 0) is 59.4 Å². The summed E-state index contributed by atoms with van der Waals surface area (Å²) >= 11 is 3.67. The maximum absolute atomic E-state index is 9.16. The quantitative estimate of drug-likeness (QED) is 0.896. The van der Waals surface area contributed by atoms with Crippen LogP contribution in [-0.2, 0) is 6.54 Å². The van der Waals surface area contributed by atoms with Crippen LogP contribution in [0, 0.1) is 5.92 Å². The standard InChI is InChI=1S/C14H21BrN2O/c1-16-9-12-2-3-14(13(15)8-12)17-6-4-11(10-18)5-7-17/h2-3,8,11,16,18H,4-7,9-10H2,1H3. The molecule has 0 saturated carbocycles. The highest BCUT2D eigenvalue weighted by atomic mass is 79.9. The van der Waals surface area contributed by atoms with E-state index < -0.39 is 0 Å². The van der Waals surface area contributed by atoms with Crippen LogP contribution in [0.3, 0.4) is 0 Å². The molecule has 1 aromatic rings.